The van der Waals surface area contributed by atoms with Crippen LogP contribution in [0.25, 0.3) is 0 Å². The lowest BCUT2D eigenvalue weighted by Crippen LogP contribution is -2.41. The highest BCUT2D eigenvalue weighted by molar-refractivity contribution is 5.70. The van der Waals surface area contributed by atoms with E-state index in [0.717, 1.165) is 0 Å². The Morgan fingerprint density at radius 1 is 1.18 bits per heavy atom. The molecule has 2 heterocycles. The predicted octanol–water partition coefficient (Wildman–Crippen LogP) is 0.0401. The molecule has 1 aliphatic heterocycles. The molecule has 0 saturated carbocycles. The summed E-state index contributed by atoms with van der Waals surface area (Å²) in [4.78, 5) is 29.8. The number of para-hydroxylation sites is 1. The summed E-state index contributed by atoms with van der Waals surface area (Å²) in [7, 11) is 0. The SMILES string of the molecule is O=c1[nH]c2c(c(=O)[nH]1)NC(Oc1ccccc1)N2CCCO. The second kappa shape index (κ2) is 5.94. The number of aliphatic hydroxyl groups is 1. The summed E-state index contributed by atoms with van der Waals surface area (Å²) in [5.74, 6) is 0.990. The molecule has 1 aliphatic rings. The first kappa shape index (κ1) is 14.2. The number of hydrogen-bond acceptors (Lipinski definition) is 6. The average molecular weight is 304 g/mol. The van der Waals surface area contributed by atoms with Crippen LogP contribution >= 0.6 is 0 Å². The van der Waals surface area contributed by atoms with Gasteiger partial charge in [0, 0.05) is 13.2 Å². The van der Waals surface area contributed by atoms with Gasteiger partial charge in [0.25, 0.3) is 11.9 Å². The minimum Gasteiger partial charge on any atom is -0.452 e. The molecule has 1 aromatic carbocycles. The number of ether oxygens (including phenoxy) is 1. The van der Waals surface area contributed by atoms with Crippen LogP contribution < -0.4 is 26.2 Å². The predicted molar refractivity (Wildman–Crippen MR) is 81.2 cm³/mol. The number of aliphatic hydroxyl groups excluding tert-OH is 1. The van der Waals surface area contributed by atoms with Crippen LogP contribution in [0.2, 0.25) is 0 Å². The second-order valence-electron chi connectivity index (χ2n) is 4.83. The van der Waals surface area contributed by atoms with Gasteiger partial charge in [0.1, 0.15) is 17.3 Å². The van der Waals surface area contributed by atoms with Crippen LogP contribution in [-0.4, -0.2) is 34.6 Å². The highest BCUT2D eigenvalue weighted by Crippen LogP contribution is 2.29. The van der Waals surface area contributed by atoms with Gasteiger partial charge in [0.05, 0.1) is 0 Å². The molecule has 4 N–H and O–H groups in total. The number of anilines is 2. The Bertz CT molecular complexity index is 755. The standard InChI is InChI=1S/C14H16N4O4/c19-8-4-7-18-11-10(12(20)17-13(21)16-11)15-14(18)22-9-5-2-1-3-6-9/h1-3,5-6,14-15,19H,4,7-8H2,(H2,16,17,20,21). The molecule has 2 aromatic rings. The average Bonchev–Trinajstić information content (AvgIpc) is 2.84. The lowest BCUT2D eigenvalue weighted by molar-refractivity contribution is 0.222. The summed E-state index contributed by atoms with van der Waals surface area (Å²) >= 11 is 0. The molecule has 0 aliphatic carbocycles. The zero-order valence-electron chi connectivity index (χ0n) is 11.7. The van der Waals surface area contributed by atoms with E-state index in [1.165, 1.54) is 0 Å². The molecule has 22 heavy (non-hydrogen) atoms. The number of H-pyrrole nitrogens is 2. The van der Waals surface area contributed by atoms with Crippen LogP contribution in [0.5, 0.6) is 5.75 Å². The van der Waals surface area contributed by atoms with E-state index in [4.69, 9.17) is 9.84 Å². The van der Waals surface area contributed by atoms with Crippen LogP contribution in [0, 0.1) is 0 Å². The van der Waals surface area contributed by atoms with E-state index in [9.17, 15) is 9.59 Å². The second-order valence-corrected chi connectivity index (χ2v) is 4.83. The number of hydrogen-bond donors (Lipinski definition) is 4. The van der Waals surface area contributed by atoms with Crippen molar-refractivity contribution in [1.29, 1.82) is 0 Å². The number of benzene rings is 1. The molecular formula is C14H16N4O4. The van der Waals surface area contributed by atoms with Crippen LogP contribution in [-0.2, 0) is 0 Å². The van der Waals surface area contributed by atoms with Gasteiger partial charge in [0.2, 0.25) is 0 Å². The molecular weight excluding hydrogens is 288 g/mol. The molecule has 0 saturated heterocycles. The molecule has 3 rings (SSSR count). The largest absolute Gasteiger partial charge is 0.452 e. The van der Waals surface area contributed by atoms with Crippen molar-refractivity contribution in [2.24, 2.45) is 0 Å². The zero-order valence-corrected chi connectivity index (χ0v) is 11.7. The van der Waals surface area contributed by atoms with E-state index in [-0.39, 0.29) is 12.3 Å². The number of nitrogens with zero attached hydrogens (tertiary/aromatic N) is 1. The molecule has 116 valence electrons. The van der Waals surface area contributed by atoms with E-state index in [1.54, 1.807) is 17.0 Å². The minimum absolute atomic E-state index is 0.00267. The Hall–Kier alpha value is -2.74. The zero-order chi connectivity index (χ0) is 15.5. The third-order valence-electron chi connectivity index (χ3n) is 3.31. The lowest BCUT2D eigenvalue weighted by Gasteiger charge is -2.26. The van der Waals surface area contributed by atoms with E-state index >= 15 is 0 Å². The lowest BCUT2D eigenvalue weighted by atomic mass is 10.3. The first-order chi connectivity index (χ1) is 10.7. The maximum absolute atomic E-state index is 11.9. The molecule has 0 amide bonds. The van der Waals surface area contributed by atoms with Crippen molar-refractivity contribution in [2.45, 2.75) is 12.8 Å². The van der Waals surface area contributed by atoms with Crippen LogP contribution in [0.4, 0.5) is 11.5 Å². The quantitative estimate of drug-likeness (QED) is 0.621. The molecule has 1 atom stereocenters. The molecule has 0 bridgehead atoms. The molecule has 8 nitrogen and oxygen atoms in total. The normalized spacial score (nSPS) is 16.2. The van der Waals surface area contributed by atoms with Gasteiger partial charge in [-0.25, -0.2) is 4.79 Å². The van der Waals surface area contributed by atoms with Gasteiger partial charge in [-0.3, -0.25) is 14.8 Å². The Labute approximate surface area is 125 Å². The summed E-state index contributed by atoms with van der Waals surface area (Å²) in [5, 5.41) is 12.0. The number of aromatic nitrogens is 2. The van der Waals surface area contributed by atoms with Gasteiger partial charge in [-0.15, -0.1) is 0 Å². The minimum atomic E-state index is -0.636. The Balaban J connectivity index is 1.92. The Kier molecular flexibility index (Phi) is 3.84. The van der Waals surface area contributed by atoms with Crippen molar-refractivity contribution in [3.8, 4) is 5.75 Å². The Morgan fingerprint density at radius 2 is 1.95 bits per heavy atom. The summed E-state index contributed by atoms with van der Waals surface area (Å²) in [6.45, 7) is 0.421. The van der Waals surface area contributed by atoms with E-state index < -0.39 is 17.6 Å². The molecule has 0 radical (unpaired) electrons. The summed E-state index contributed by atoms with van der Waals surface area (Å²) < 4.78 is 5.82. The van der Waals surface area contributed by atoms with Crippen LogP contribution in [0.3, 0.4) is 0 Å². The van der Waals surface area contributed by atoms with Crippen molar-refractivity contribution in [3.05, 3.63) is 51.2 Å². The van der Waals surface area contributed by atoms with Gasteiger partial charge < -0.3 is 20.1 Å². The smallest absolute Gasteiger partial charge is 0.327 e. The first-order valence-corrected chi connectivity index (χ1v) is 6.91. The highest BCUT2D eigenvalue weighted by Gasteiger charge is 2.33. The molecule has 0 fully saturated rings. The molecule has 8 heteroatoms. The van der Waals surface area contributed by atoms with Gasteiger partial charge in [-0.05, 0) is 18.6 Å². The van der Waals surface area contributed by atoms with Gasteiger partial charge in [0.15, 0.2) is 0 Å². The molecule has 1 aromatic heterocycles. The van der Waals surface area contributed by atoms with Crippen LogP contribution in [0.15, 0.2) is 39.9 Å². The number of fused-ring (bicyclic) bond motifs is 1. The molecule has 0 spiro atoms. The van der Waals surface area contributed by atoms with Crippen molar-refractivity contribution < 1.29 is 9.84 Å². The number of rotatable bonds is 5. The van der Waals surface area contributed by atoms with Crippen molar-refractivity contribution in [2.75, 3.05) is 23.4 Å². The van der Waals surface area contributed by atoms with E-state index in [2.05, 4.69) is 15.3 Å². The van der Waals surface area contributed by atoms with E-state index in [1.807, 2.05) is 18.2 Å². The summed E-state index contributed by atoms with van der Waals surface area (Å²) in [5.41, 5.74) is -0.842. The third-order valence-corrected chi connectivity index (χ3v) is 3.31. The highest BCUT2D eigenvalue weighted by atomic mass is 16.5. The number of aromatic amines is 2. The summed E-state index contributed by atoms with van der Waals surface area (Å²) in [6.07, 6.45) is -0.159. The van der Waals surface area contributed by atoms with Crippen molar-refractivity contribution in [3.63, 3.8) is 0 Å². The van der Waals surface area contributed by atoms with Crippen LogP contribution in [0.1, 0.15) is 6.42 Å². The van der Waals surface area contributed by atoms with Gasteiger partial charge >= 0.3 is 5.69 Å². The number of nitrogens with one attached hydrogen (secondary N) is 3. The van der Waals surface area contributed by atoms with Crippen molar-refractivity contribution >= 4 is 11.5 Å². The van der Waals surface area contributed by atoms with Crippen molar-refractivity contribution in [1.82, 2.24) is 9.97 Å². The van der Waals surface area contributed by atoms with Gasteiger partial charge in [-0.1, -0.05) is 18.2 Å². The summed E-state index contributed by atoms with van der Waals surface area (Å²) in [6, 6.07) is 9.13. The maximum atomic E-state index is 11.9. The van der Waals surface area contributed by atoms with E-state index in [0.29, 0.717) is 24.5 Å². The molecule has 1 unspecified atom stereocenters. The fraction of sp³-hybridized carbons (Fsp3) is 0.286. The van der Waals surface area contributed by atoms with Gasteiger partial charge in [-0.2, -0.15) is 0 Å². The monoisotopic (exact) mass is 304 g/mol. The maximum Gasteiger partial charge on any atom is 0.327 e. The fourth-order valence-electron chi connectivity index (χ4n) is 2.33. The topological polar surface area (TPSA) is 110 Å². The fourth-order valence-corrected chi connectivity index (χ4v) is 2.33. The Morgan fingerprint density at radius 3 is 2.68 bits per heavy atom. The third kappa shape index (κ3) is 2.68. The first-order valence-electron chi connectivity index (χ1n) is 6.91.